The second kappa shape index (κ2) is 9.39. The fraction of sp³-hybridized carbons (Fsp3) is 0.381. The van der Waals surface area contributed by atoms with Crippen LogP contribution in [0.2, 0.25) is 0 Å². The lowest BCUT2D eigenvalue weighted by Gasteiger charge is -2.24. The summed E-state index contributed by atoms with van der Waals surface area (Å²) >= 11 is 0. The van der Waals surface area contributed by atoms with E-state index in [0.29, 0.717) is 23.6 Å². The van der Waals surface area contributed by atoms with Gasteiger partial charge in [-0.15, -0.1) is 0 Å². The molecule has 27 heavy (non-hydrogen) atoms. The molecule has 0 radical (unpaired) electrons. The summed E-state index contributed by atoms with van der Waals surface area (Å²) in [5.41, 5.74) is 2.85. The molecule has 2 N–H and O–H groups in total. The average molecular weight is 371 g/mol. The van der Waals surface area contributed by atoms with Crippen LogP contribution in [-0.2, 0) is 17.8 Å². The van der Waals surface area contributed by atoms with Crippen LogP contribution in [0, 0.1) is 0 Å². The van der Waals surface area contributed by atoms with E-state index in [1.165, 1.54) is 10.5 Å². The van der Waals surface area contributed by atoms with Gasteiger partial charge >= 0.3 is 0 Å². The summed E-state index contributed by atoms with van der Waals surface area (Å²) in [6.07, 6.45) is 0. The number of morpholine rings is 1. The number of hydrogen-bond acceptors (Lipinski definition) is 4. The average Bonchev–Trinajstić information content (AvgIpc) is 2.73. The normalized spacial score (nSPS) is 14.6. The molecule has 2 aromatic rings. The van der Waals surface area contributed by atoms with Crippen LogP contribution in [0.25, 0.3) is 0 Å². The van der Waals surface area contributed by atoms with Crippen LogP contribution in [-0.4, -0.2) is 46.4 Å². The first-order valence-corrected chi connectivity index (χ1v) is 9.19. The van der Waals surface area contributed by atoms with E-state index in [2.05, 4.69) is 17.4 Å². The third-order valence-electron chi connectivity index (χ3n) is 4.85. The lowest BCUT2D eigenvalue weighted by Crippen LogP contribution is -3.12. The zero-order chi connectivity index (χ0) is 19.1. The maximum atomic E-state index is 12.7. The Morgan fingerprint density at radius 3 is 2.52 bits per heavy atom. The van der Waals surface area contributed by atoms with E-state index in [-0.39, 0.29) is 5.91 Å². The van der Waals surface area contributed by atoms with E-state index >= 15 is 0 Å². The molecule has 0 saturated carbocycles. The molecule has 2 aromatic carbocycles. The van der Waals surface area contributed by atoms with Gasteiger partial charge in [-0.25, -0.2) is 0 Å². The Kier molecular flexibility index (Phi) is 6.68. The number of carbonyl (C=O) groups is 1. The number of methoxy groups -OCH3 is 2. The van der Waals surface area contributed by atoms with Crippen molar-refractivity contribution < 1.29 is 23.9 Å². The van der Waals surface area contributed by atoms with Crippen LogP contribution in [0.1, 0.15) is 21.5 Å². The smallest absolute Gasteiger partial charge is 0.255 e. The Labute approximate surface area is 160 Å². The second-order valence-electron chi connectivity index (χ2n) is 6.56. The molecule has 0 bridgehead atoms. The summed E-state index contributed by atoms with van der Waals surface area (Å²) < 4.78 is 16.0. The standard InChI is InChI=1S/C21H26N2O4/c1-25-18-7-8-20(26-2)19(13-18)21(24)22-14-16-5-3-4-6-17(16)15-23-9-11-27-12-10-23/h3-8,13H,9-12,14-15H2,1-2H3,(H,22,24)/p+1. The van der Waals surface area contributed by atoms with Gasteiger partial charge in [-0.2, -0.15) is 0 Å². The molecule has 0 unspecified atom stereocenters. The number of quaternary nitrogens is 1. The molecule has 0 spiro atoms. The third-order valence-corrected chi connectivity index (χ3v) is 4.85. The van der Waals surface area contributed by atoms with Crippen molar-refractivity contribution in [3.05, 3.63) is 59.2 Å². The van der Waals surface area contributed by atoms with E-state index in [0.717, 1.165) is 38.4 Å². The predicted molar refractivity (Wildman–Crippen MR) is 102 cm³/mol. The summed E-state index contributed by atoms with van der Waals surface area (Å²) in [6, 6.07) is 13.5. The van der Waals surface area contributed by atoms with Crippen molar-refractivity contribution in [2.45, 2.75) is 13.1 Å². The summed E-state index contributed by atoms with van der Waals surface area (Å²) in [4.78, 5) is 14.2. The Morgan fingerprint density at radius 2 is 1.81 bits per heavy atom. The van der Waals surface area contributed by atoms with Gasteiger partial charge in [-0.3, -0.25) is 4.79 Å². The van der Waals surface area contributed by atoms with E-state index in [9.17, 15) is 4.79 Å². The largest absolute Gasteiger partial charge is 0.497 e. The first kappa shape index (κ1) is 19.2. The Morgan fingerprint density at radius 1 is 1.07 bits per heavy atom. The first-order chi connectivity index (χ1) is 13.2. The number of nitrogens with one attached hydrogen (secondary N) is 2. The molecule has 0 aliphatic carbocycles. The quantitative estimate of drug-likeness (QED) is 0.764. The van der Waals surface area contributed by atoms with Crippen molar-refractivity contribution >= 4 is 5.91 Å². The van der Waals surface area contributed by atoms with E-state index in [1.54, 1.807) is 32.4 Å². The fourth-order valence-electron chi connectivity index (χ4n) is 3.27. The fourth-order valence-corrected chi connectivity index (χ4v) is 3.27. The van der Waals surface area contributed by atoms with E-state index in [4.69, 9.17) is 14.2 Å². The molecule has 0 aromatic heterocycles. The number of rotatable bonds is 7. The van der Waals surface area contributed by atoms with Crippen LogP contribution in [0.4, 0.5) is 0 Å². The topological polar surface area (TPSA) is 61.2 Å². The minimum absolute atomic E-state index is 0.181. The van der Waals surface area contributed by atoms with Gasteiger partial charge in [0.1, 0.15) is 31.1 Å². The van der Waals surface area contributed by atoms with Gasteiger partial charge in [0.2, 0.25) is 0 Å². The van der Waals surface area contributed by atoms with E-state index < -0.39 is 0 Å². The number of amides is 1. The molecule has 1 saturated heterocycles. The summed E-state index contributed by atoms with van der Waals surface area (Å²) in [5, 5.41) is 3.01. The summed E-state index contributed by atoms with van der Waals surface area (Å²) in [5.74, 6) is 0.968. The van der Waals surface area contributed by atoms with Gasteiger partial charge in [0, 0.05) is 12.1 Å². The van der Waals surface area contributed by atoms with Gasteiger partial charge in [0.05, 0.1) is 33.0 Å². The van der Waals surface area contributed by atoms with Crippen LogP contribution in [0.15, 0.2) is 42.5 Å². The van der Waals surface area contributed by atoms with Gasteiger partial charge in [-0.05, 0) is 23.8 Å². The van der Waals surface area contributed by atoms with Crippen LogP contribution < -0.4 is 19.7 Å². The van der Waals surface area contributed by atoms with Crippen molar-refractivity contribution in [2.24, 2.45) is 0 Å². The molecule has 3 rings (SSSR count). The van der Waals surface area contributed by atoms with Crippen molar-refractivity contribution in [1.29, 1.82) is 0 Å². The third kappa shape index (κ3) is 4.99. The highest BCUT2D eigenvalue weighted by Crippen LogP contribution is 2.24. The van der Waals surface area contributed by atoms with Crippen molar-refractivity contribution in [1.82, 2.24) is 5.32 Å². The van der Waals surface area contributed by atoms with Gasteiger partial charge in [0.15, 0.2) is 0 Å². The second-order valence-corrected chi connectivity index (χ2v) is 6.56. The molecular weight excluding hydrogens is 344 g/mol. The van der Waals surface area contributed by atoms with Crippen molar-refractivity contribution in [3.8, 4) is 11.5 Å². The van der Waals surface area contributed by atoms with Crippen molar-refractivity contribution in [2.75, 3.05) is 40.5 Å². The summed E-state index contributed by atoms with van der Waals surface area (Å²) in [7, 11) is 3.13. The highest BCUT2D eigenvalue weighted by atomic mass is 16.5. The maximum Gasteiger partial charge on any atom is 0.255 e. The SMILES string of the molecule is COc1ccc(OC)c(C(=O)NCc2ccccc2C[NH+]2CCOCC2)c1. The predicted octanol–water partition coefficient (Wildman–Crippen LogP) is 1.05. The molecule has 1 heterocycles. The highest BCUT2D eigenvalue weighted by Gasteiger charge is 2.17. The first-order valence-electron chi connectivity index (χ1n) is 9.19. The summed E-state index contributed by atoms with van der Waals surface area (Å²) in [6.45, 7) is 5.06. The molecule has 1 amide bonds. The monoisotopic (exact) mass is 371 g/mol. The zero-order valence-electron chi connectivity index (χ0n) is 15.9. The zero-order valence-corrected chi connectivity index (χ0v) is 15.9. The molecule has 6 heteroatoms. The molecule has 1 aliphatic rings. The number of carbonyl (C=O) groups excluding carboxylic acids is 1. The molecular formula is C21H27N2O4+. The number of benzene rings is 2. The van der Waals surface area contributed by atoms with E-state index in [1.807, 2.05) is 12.1 Å². The minimum Gasteiger partial charge on any atom is -0.497 e. The minimum atomic E-state index is -0.181. The molecule has 0 atom stereocenters. The lowest BCUT2D eigenvalue weighted by atomic mass is 10.1. The van der Waals surface area contributed by atoms with Crippen molar-refractivity contribution in [3.63, 3.8) is 0 Å². The van der Waals surface area contributed by atoms with Gasteiger partial charge in [0.25, 0.3) is 5.91 Å². The number of hydrogen-bond donors (Lipinski definition) is 2. The molecule has 1 fully saturated rings. The Hall–Kier alpha value is -2.57. The maximum absolute atomic E-state index is 12.7. The molecule has 6 nitrogen and oxygen atoms in total. The van der Waals surface area contributed by atoms with Gasteiger partial charge < -0.3 is 24.4 Å². The highest BCUT2D eigenvalue weighted by molar-refractivity contribution is 5.97. The lowest BCUT2D eigenvalue weighted by molar-refractivity contribution is -0.921. The Bertz CT molecular complexity index is 773. The van der Waals surface area contributed by atoms with Crippen LogP contribution >= 0.6 is 0 Å². The van der Waals surface area contributed by atoms with Crippen LogP contribution in [0.3, 0.4) is 0 Å². The molecule has 144 valence electrons. The molecule has 1 aliphatic heterocycles. The number of ether oxygens (including phenoxy) is 3. The van der Waals surface area contributed by atoms with Gasteiger partial charge in [-0.1, -0.05) is 24.3 Å². The Balaban J connectivity index is 1.69. The van der Waals surface area contributed by atoms with Crippen LogP contribution in [0.5, 0.6) is 11.5 Å².